The molecule has 1 atom stereocenters. The van der Waals surface area contributed by atoms with E-state index in [4.69, 9.17) is 16.3 Å². The molecule has 0 bridgehead atoms. The first-order valence-corrected chi connectivity index (χ1v) is 9.45. The van der Waals surface area contributed by atoms with Gasteiger partial charge in [-0.25, -0.2) is 4.98 Å². The van der Waals surface area contributed by atoms with E-state index in [1.165, 1.54) is 11.3 Å². The van der Waals surface area contributed by atoms with Gasteiger partial charge in [-0.1, -0.05) is 47.2 Å². The van der Waals surface area contributed by atoms with Crippen molar-refractivity contribution in [3.05, 3.63) is 59.1 Å². The minimum atomic E-state index is -0.139. The lowest BCUT2D eigenvalue weighted by Crippen LogP contribution is -2.37. The van der Waals surface area contributed by atoms with Crippen LogP contribution in [0, 0.1) is 0 Å². The first-order valence-electron chi connectivity index (χ1n) is 8.26. The first kappa shape index (κ1) is 16.5. The Morgan fingerprint density at radius 2 is 2.04 bits per heavy atom. The molecule has 0 N–H and O–H groups in total. The van der Waals surface area contributed by atoms with Crippen LogP contribution in [-0.4, -0.2) is 30.1 Å². The van der Waals surface area contributed by atoms with Crippen LogP contribution in [0.15, 0.2) is 48.5 Å². The Kier molecular flexibility index (Phi) is 4.70. The number of hydrogen-bond donors (Lipinski definition) is 0. The minimum Gasteiger partial charge on any atom is -0.376 e. The molecule has 1 aromatic heterocycles. The number of carbonyl (C=O) groups excluding carboxylic acids is 1. The Balaban J connectivity index is 1.72. The number of aromatic nitrogens is 1. The number of ether oxygens (including phenoxy) is 1. The van der Waals surface area contributed by atoms with Crippen LogP contribution in [0.1, 0.15) is 23.2 Å². The number of carbonyl (C=O) groups is 1. The van der Waals surface area contributed by atoms with Crippen molar-refractivity contribution in [2.45, 2.75) is 18.9 Å². The maximum absolute atomic E-state index is 13.2. The molecule has 0 aliphatic carbocycles. The van der Waals surface area contributed by atoms with Gasteiger partial charge >= 0.3 is 0 Å². The highest BCUT2D eigenvalue weighted by atomic mass is 35.5. The van der Waals surface area contributed by atoms with Crippen molar-refractivity contribution in [2.75, 3.05) is 18.1 Å². The van der Waals surface area contributed by atoms with E-state index in [0.29, 0.717) is 22.3 Å². The predicted molar refractivity (Wildman–Crippen MR) is 102 cm³/mol. The second-order valence-electron chi connectivity index (χ2n) is 5.99. The Morgan fingerprint density at radius 1 is 1.24 bits per heavy atom. The average molecular weight is 373 g/mol. The molecule has 6 heteroatoms. The lowest BCUT2D eigenvalue weighted by molar-refractivity contribution is 0.0917. The molecule has 3 aromatic rings. The van der Waals surface area contributed by atoms with Crippen molar-refractivity contribution in [1.82, 2.24) is 4.98 Å². The summed E-state index contributed by atoms with van der Waals surface area (Å²) in [7, 11) is 0. The number of thiazole rings is 1. The lowest BCUT2D eigenvalue weighted by Gasteiger charge is -2.23. The molecule has 4 rings (SSSR count). The summed E-state index contributed by atoms with van der Waals surface area (Å²) in [6.45, 7) is 1.24. The van der Waals surface area contributed by atoms with E-state index in [9.17, 15) is 4.79 Å². The Hall–Kier alpha value is -1.95. The van der Waals surface area contributed by atoms with Gasteiger partial charge in [-0.05, 0) is 37.1 Å². The van der Waals surface area contributed by atoms with Crippen LogP contribution < -0.4 is 4.90 Å². The molecule has 25 heavy (non-hydrogen) atoms. The van der Waals surface area contributed by atoms with Gasteiger partial charge in [-0.2, -0.15) is 0 Å². The van der Waals surface area contributed by atoms with Crippen LogP contribution in [0.3, 0.4) is 0 Å². The predicted octanol–water partition coefficient (Wildman–Crippen LogP) is 4.78. The lowest BCUT2D eigenvalue weighted by atomic mass is 10.1. The number of hydrogen-bond acceptors (Lipinski definition) is 4. The molecule has 0 unspecified atom stereocenters. The number of benzene rings is 2. The molecule has 1 aliphatic heterocycles. The number of para-hydroxylation sites is 1. The third-order valence-electron chi connectivity index (χ3n) is 4.27. The van der Waals surface area contributed by atoms with Gasteiger partial charge in [0.2, 0.25) is 0 Å². The van der Waals surface area contributed by atoms with Gasteiger partial charge in [0.05, 0.1) is 33.5 Å². The van der Waals surface area contributed by atoms with Gasteiger partial charge < -0.3 is 4.74 Å². The fourth-order valence-corrected chi connectivity index (χ4v) is 4.19. The zero-order valence-corrected chi connectivity index (χ0v) is 15.1. The summed E-state index contributed by atoms with van der Waals surface area (Å²) in [6.07, 6.45) is 2.02. The summed E-state index contributed by atoms with van der Waals surface area (Å²) < 4.78 is 6.80. The zero-order valence-electron chi connectivity index (χ0n) is 13.5. The van der Waals surface area contributed by atoms with Crippen molar-refractivity contribution >= 4 is 44.2 Å². The van der Waals surface area contributed by atoms with Gasteiger partial charge in [0, 0.05) is 6.61 Å². The van der Waals surface area contributed by atoms with E-state index in [1.54, 1.807) is 17.0 Å². The van der Waals surface area contributed by atoms with E-state index in [0.717, 1.165) is 29.7 Å². The quantitative estimate of drug-likeness (QED) is 0.662. The van der Waals surface area contributed by atoms with Crippen LogP contribution >= 0.6 is 22.9 Å². The summed E-state index contributed by atoms with van der Waals surface area (Å²) in [5.41, 5.74) is 1.38. The number of halogens is 1. The second kappa shape index (κ2) is 7.12. The van der Waals surface area contributed by atoms with E-state index in [2.05, 4.69) is 4.98 Å². The molecule has 2 heterocycles. The van der Waals surface area contributed by atoms with Crippen LogP contribution in [0.2, 0.25) is 5.02 Å². The monoisotopic (exact) mass is 372 g/mol. The van der Waals surface area contributed by atoms with Crippen molar-refractivity contribution in [3.8, 4) is 0 Å². The highest BCUT2D eigenvalue weighted by molar-refractivity contribution is 7.22. The molecule has 0 saturated carbocycles. The zero-order chi connectivity index (χ0) is 17.2. The van der Waals surface area contributed by atoms with Crippen LogP contribution in [0.25, 0.3) is 10.2 Å². The van der Waals surface area contributed by atoms with Gasteiger partial charge in [-0.15, -0.1) is 0 Å². The Labute approximate surface area is 155 Å². The molecule has 4 nitrogen and oxygen atoms in total. The summed E-state index contributed by atoms with van der Waals surface area (Å²) in [6, 6.07) is 15.0. The molecule has 2 aromatic carbocycles. The van der Waals surface area contributed by atoms with Crippen molar-refractivity contribution in [1.29, 1.82) is 0 Å². The van der Waals surface area contributed by atoms with Crippen molar-refractivity contribution < 1.29 is 9.53 Å². The summed E-state index contributed by atoms with van der Waals surface area (Å²) in [5, 5.41) is 1.13. The minimum absolute atomic E-state index is 0.0402. The molecule has 1 aliphatic rings. The summed E-state index contributed by atoms with van der Waals surface area (Å²) >= 11 is 7.76. The summed E-state index contributed by atoms with van der Waals surface area (Å²) in [4.78, 5) is 19.5. The number of amides is 1. The maximum Gasteiger partial charge on any atom is 0.261 e. The van der Waals surface area contributed by atoms with E-state index >= 15 is 0 Å². The maximum atomic E-state index is 13.2. The third kappa shape index (κ3) is 3.40. The number of nitrogens with zero attached hydrogens (tertiary/aromatic N) is 2. The van der Waals surface area contributed by atoms with E-state index in [1.807, 2.05) is 36.4 Å². The Morgan fingerprint density at radius 3 is 2.80 bits per heavy atom. The van der Waals surface area contributed by atoms with Gasteiger partial charge in [-0.3, -0.25) is 9.69 Å². The number of anilines is 1. The summed E-state index contributed by atoms with van der Waals surface area (Å²) in [5.74, 6) is -0.139. The molecule has 128 valence electrons. The molecule has 1 amide bonds. The van der Waals surface area contributed by atoms with Crippen LogP contribution in [-0.2, 0) is 4.74 Å². The van der Waals surface area contributed by atoms with Gasteiger partial charge in [0.15, 0.2) is 5.13 Å². The number of fused-ring (bicyclic) bond motifs is 1. The standard InChI is InChI=1S/C19H17ClN2O2S/c20-15-8-2-1-7-14(15)18(23)22(12-13-6-5-11-24-13)19-21-16-9-3-4-10-17(16)25-19/h1-4,7-10,13H,5-6,11-12H2/t13-/m1/s1. The Bertz CT molecular complexity index is 872. The van der Waals surface area contributed by atoms with Gasteiger partial charge in [0.1, 0.15) is 0 Å². The first-order chi connectivity index (χ1) is 12.2. The van der Waals surface area contributed by atoms with Crippen LogP contribution in [0.4, 0.5) is 5.13 Å². The second-order valence-corrected chi connectivity index (χ2v) is 7.41. The average Bonchev–Trinajstić information content (AvgIpc) is 3.28. The molecule has 1 saturated heterocycles. The van der Waals surface area contributed by atoms with E-state index < -0.39 is 0 Å². The molecule has 1 fully saturated rings. The highest BCUT2D eigenvalue weighted by Gasteiger charge is 2.27. The molecule has 0 spiro atoms. The van der Waals surface area contributed by atoms with Gasteiger partial charge in [0.25, 0.3) is 5.91 Å². The van der Waals surface area contributed by atoms with E-state index in [-0.39, 0.29) is 12.0 Å². The topological polar surface area (TPSA) is 42.4 Å². The number of rotatable bonds is 4. The fraction of sp³-hybridized carbons (Fsp3) is 0.263. The normalized spacial score (nSPS) is 17.1. The van der Waals surface area contributed by atoms with Crippen molar-refractivity contribution in [2.24, 2.45) is 0 Å². The molecular formula is C19H17ClN2O2S. The van der Waals surface area contributed by atoms with Crippen LogP contribution in [0.5, 0.6) is 0 Å². The third-order valence-corrected chi connectivity index (χ3v) is 5.66. The SMILES string of the molecule is O=C(c1ccccc1Cl)N(C[C@H]1CCCO1)c1nc2ccccc2s1. The fourth-order valence-electron chi connectivity index (χ4n) is 3.00. The molecular weight excluding hydrogens is 356 g/mol. The van der Waals surface area contributed by atoms with Crippen molar-refractivity contribution in [3.63, 3.8) is 0 Å². The largest absolute Gasteiger partial charge is 0.376 e. The highest BCUT2D eigenvalue weighted by Crippen LogP contribution is 2.31. The molecule has 0 radical (unpaired) electrons. The smallest absolute Gasteiger partial charge is 0.261 e.